The lowest BCUT2D eigenvalue weighted by Gasteiger charge is -2.36. The number of piperazine rings is 1. The number of hydrogen-bond acceptors (Lipinski definition) is 3. The zero-order valence-corrected chi connectivity index (χ0v) is 12.0. The molecule has 1 fully saturated rings. The molecule has 2 rings (SSSR count). The quantitative estimate of drug-likeness (QED) is 0.882. The Morgan fingerprint density at radius 3 is 2.50 bits per heavy atom. The summed E-state index contributed by atoms with van der Waals surface area (Å²) in [4.78, 5) is 4.70. The van der Waals surface area contributed by atoms with Crippen LogP contribution in [0.2, 0.25) is 0 Å². The summed E-state index contributed by atoms with van der Waals surface area (Å²) in [5, 5.41) is 3.49. The number of nitrogens with one attached hydrogen (secondary N) is 1. The van der Waals surface area contributed by atoms with Gasteiger partial charge in [-0.3, -0.25) is 4.90 Å². The molecule has 3 heteroatoms. The van der Waals surface area contributed by atoms with Gasteiger partial charge in [0.25, 0.3) is 0 Å². The van der Waals surface area contributed by atoms with Crippen molar-refractivity contribution in [3.05, 3.63) is 29.8 Å². The summed E-state index contributed by atoms with van der Waals surface area (Å²) in [7, 11) is 4.16. The van der Waals surface area contributed by atoms with Gasteiger partial charge in [0, 0.05) is 51.5 Å². The van der Waals surface area contributed by atoms with Gasteiger partial charge in [0.1, 0.15) is 0 Å². The van der Waals surface area contributed by atoms with Gasteiger partial charge in [-0.2, -0.15) is 0 Å². The van der Waals surface area contributed by atoms with Crippen molar-refractivity contribution in [2.75, 3.05) is 38.6 Å². The van der Waals surface area contributed by atoms with Crippen LogP contribution in [-0.4, -0.2) is 44.7 Å². The minimum Gasteiger partial charge on any atom is -0.378 e. The van der Waals surface area contributed by atoms with Crippen LogP contribution >= 0.6 is 0 Å². The first-order valence-electron chi connectivity index (χ1n) is 6.82. The Bertz CT molecular complexity index is 372. The molecule has 0 spiro atoms. The molecular formula is C15H25N3. The highest BCUT2D eigenvalue weighted by Gasteiger charge is 2.21. The molecule has 0 amide bonds. The van der Waals surface area contributed by atoms with Gasteiger partial charge in [0.2, 0.25) is 0 Å². The van der Waals surface area contributed by atoms with Crippen LogP contribution in [-0.2, 0) is 0 Å². The Morgan fingerprint density at radius 2 is 1.94 bits per heavy atom. The Morgan fingerprint density at radius 1 is 1.28 bits per heavy atom. The van der Waals surface area contributed by atoms with Gasteiger partial charge in [-0.25, -0.2) is 0 Å². The number of anilines is 1. The van der Waals surface area contributed by atoms with Crippen LogP contribution < -0.4 is 10.2 Å². The number of hydrogen-bond donors (Lipinski definition) is 1. The first-order valence-corrected chi connectivity index (χ1v) is 6.82. The smallest absolute Gasteiger partial charge is 0.0361 e. The third-order valence-electron chi connectivity index (χ3n) is 3.84. The molecule has 1 heterocycles. The van der Waals surface area contributed by atoms with Gasteiger partial charge >= 0.3 is 0 Å². The Labute approximate surface area is 111 Å². The monoisotopic (exact) mass is 247 g/mol. The second kappa shape index (κ2) is 5.72. The molecule has 1 saturated heterocycles. The van der Waals surface area contributed by atoms with Crippen molar-refractivity contribution in [1.82, 2.24) is 10.2 Å². The van der Waals surface area contributed by atoms with Gasteiger partial charge < -0.3 is 10.2 Å². The Kier molecular flexibility index (Phi) is 4.25. The van der Waals surface area contributed by atoms with E-state index in [1.165, 1.54) is 11.3 Å². The van der Waals surface area contributed by atoms with Crippen LogP contribution in [0.25, 0.3) is 0 Å². The molecule has 2 atom stereocenters. The van der Waals surface area contributed by atoms with Crippen LogP contribution in [0.4, 0.5) is 5.69 Å². The van der Waals surface area contributed by atoms with E-state index in [-0.39, 0.29) is 0 Å². The third-order valence-corrected chi connectivity index (χ3v) is 3.84. The Hall–Kier alpha value is -1.06. The second-order valence-corrected chi connectivity index (χ2v) is 5.51. The molecule has 0 aromatic heterocycles. The fraction of sp³-hybridized carbons (Fsp3) is 0.600. The lowest BCUT2D eigenvalue weighted by molar-refractivity contribution is 0.159. The predicted molar refractivity (Wildman–Crippen MR) is 78.2 cm³/mol. The van der Waals surface area contributed by atoms with Crippen LogP contribution in [0, 0.1) is 0 Å². The highest BCUT2D eigenvalue weighted by Crippen LogP contribution is 2.23. The van der Waals surface area contributed by atoms with E-state index < -0.39 is 0 Å². The molecule has 0 aliphatic carbocycles. The fourth-order valence-electron chi connectivity index (χ4n) is 2.58. The first-order chi connectivity index (χ1) is 8.58. The van der Waals surface area contributed by atoms with Gasteiger partial charge in [-0.05, 0) is 31.5 Å². The van der Waals surface area contributed by atoms with E-state index in [1.54, 1.807) is 0 Å². The van der Waals surface area contributed by atoms with Crippen molar-refractivity contribution >= 4 is 5.69 Å². The number of benzene rings is 1. The van der Waals surface area contributed by atoms with Gasteiger partial charge in [-0.15, -0.1) is 0 Å². The van der Waals surface area contributed by atoms with Crippen LogP contribution in [0.3, 0.4) is 0 Å². The summed E-state index contributed by atoms with van der Waals surface area (Å²) in [5.41, 5.74) is 2.68. The summed E-state index contributed by atoms with van der Waals surface area (Å²) in [6.07, 6.45) is 0. The maximum Gasteiger partial charge on any atom is 0.0361 e. The van der Waals surface area contributed by atoms with Gasteiger partial charge in [0.15, 0.2) is 0 Å². The molecule has 3 nitrogen and oxygen atoms in total. The maximum absolute atomic E-state index is 3.49. The molecule has 1 aliphatic rings. The van der Waals surface area contributed by atoms with Crippen molar-refractivity contribution in [3.8, 4) is 0 Å². The zero-order valence-electron chi connectivity index (χ0n) is 12.0. The van der Waals surface area contributed by atoms with Crippen molar-refractivity contribution in [2.45, 2.75) is 25.9 Å². The maximum atomic E-state index is 3.49. The minimum atomic E-state index is 0.505. The average molecular weight is 247 g/mol. The molecule has 0 saturated carbocycles. The Balaban J connectivity index is 2.05. The highest BCUT2D eigenvalue weighted by atomic mass is 15.2. The largest absolute Gasteiger partial charge is 0.378 e. The van der Waals surface area contributed by atoms with Crippen LogP contribution in [0.15, 0.2) is 24.3 Å². The molecule has 100 valence electrons. The number of rotatable bonds is 3. The van der Waals surface area contributed by atoms with Crippen LogP contribution in [0.1, 0.15) is 25.5 Å². The van der Waals surface area contributed by atoms with Crippen molar-refractivity contribution in [3.63, 3.8) is 0 Å². The van der Waals surface area contributed by atoms with E-state index >= 15 is 0 Å². The first kappa shape index (κ1) is 13.4. The molecule has 1 N–H and O–H groups in total. The number of nitrogens with zero attached hydrogens (tertiary/aromatic N) is 2. The summed E-state index contributed by atoms with van der Waals surface area (Å²) in [5.74, 6) is 0. The van der Waals surface area contributed by atoms with Crippen molar-refractivity contribution < 1.29 is 0 Å². The molecule has 1 aromatic rings. The average Bonchev–Trinajstić information content (AvgIpc) is 2.38. The molecular weight excluding hydrogens is 222 g/mol. The van der Waals surface area contributed by atoms with Crippen molar-refractivity contribution in [1.29, 1.82) is 0 Å². The van der Waals surface area contributed by atoms with Crippen LogP contribution in [0.5, 0.6) is 0 Å². The fourth-order valence-corrected chi connectivity index (χ4v) is 2.58. The van der Waals surface area contributed by atoms with Crippen molar-refractivity contribution in [2.24, 2.45) is 0 Å². The topological polar surface area (TPSA) is 18.5 Å². The van der Waals surface area contributed by atoms with E-state index in [4.69, 9.17) is 0 Å². The molecule has 1 aromatic carbocycles. The van der Waals surface area contributed by atoms with E-state index in [2.05, 4.69) is 67.3 Å². The normalized spacial score (nSPS) is 22.8. The van der Waals surface area contributed by atoms with Gasteiger partial charge in [-0.1, -0.05) is 12.1 Å². The predicted octanol–water partition coefficient (Wildman–Crippen LogP) is 2.11. The van der Waals surface area contributed by atoms with E-state index in [0.717, 1.165) is 19.6 Å². The standard InChI is InChI=1S/C15H25N3/c1-12-11-18(10-9-16-12)13(2)14-5-7-15(8-6-14)17(3)4/h5-8,12-13,16H,9-11H2,1-4H3. The summed E-state index contributed by atoms with van der Waals surface area (Å²) >= 11 is 0. The molecule has 18 heavy (non-hydrogen) atoms. The summed E-state index contributed by atoms with van der Waals surface area (Å²) in [6, 6.07) is 10.0. The van der Waals surface area contributed by atoms with E-state index in [1.807, 2.05) is 0 Å². The summed E-state index contributed by atoms with van der Waals surface area (Å²) in [6.45, 7) is 7.94. The van der Waals surface area contributed by atoms with E-state index in [9.17, 15) is 0 Å². The zero-order chi connectivity index (χ0) is 13.1. The summed E-state index contributed by atoms with van der Waals surface area (Å²) < 4.78 is 0. The molecule has 0 bridgehead atoms. The van der Waals surface area contributed by atoms with Gasteiger partial charge in [0.05, 0.1) is 0 Å². The SMILES string of the molecule is CC1CN(C(C)c2ccc(N(C)C)cc2)CCN1. The molecule has 0 radical (unpaired) electrons. The molecule has 2 unspecified atom stereocenters. The second-order valence-electron chi connectivity index (χ2n) is 5.51. The highest BCUT2D eigenvalue weighted by molar-refractivity contribution is 5.46. The minimum absolute atomic E-state index is 0.505. The third kappa shape index (κ3) is 3.03. The molecule has 1 aliphatic heterocycles. The lowest BCUT2D eigenvalue weighted by Crippen LogP contribution is -2.49. The lowest BCUT2D eigenvalue weighted by atomic mass is 10.0. The van der Waals surface area contributed by atoms with E-state index in [0.29, 0.717) is 12.1 Å².